The van der Waals surface area contributed by atoms with Gasteiger partial charge in [-0.2, -0.15) is 0 Å². The van der Waals surface area contributed by atoms with Crippen molar-refractivity contribution in [3.8, 4) is 0 Å². The third kappa shape index (κ3) is 2.46. The fourth-order valence-electron chi connectivity index (χ4n) is 2.78. The van der Waals surface area contributed by atoms with E-state index in [1.807, 2.05) is 37.1 Å². The first-order valence-electron chi connectivity index (χ1n) is 7.02. The second kappa shape index (κ2) is 5.73. The van der Waals surface area contributed by atoms with Crippen molar-refractivity contribution in [3.05, 3.63) is 48.3 Å². The molecule has 0 saturated carbocycles. The van der Waals surface area contributed by atoms with Gasteiger partial charge in [0.15, 0.2) is 0 Å². The van der Waals surface area contributed by atoms with Gasteiger partial charge in [-0.1, -0.05) is 0 Å². The number of nitrogens with two attached hydrogens (primary N) is 1. The summed E-state index contributed by atoms with van der Waals surface area (Å²) in [5.41, 5.74) is 8.69. The molecule has 3 heterocycles. The smallest absolute Gasteiger partial charge is 0.0954 e. The van der Waals surface area contributed by atoms with Gasteiger partial charge in [0, 0.05) is 31.1 Å². The monoisotopic (exact) mass is 272 g/mol. The van der Waals surface area contributed by atoms with E-state index in [-0.39, 0.29) is 12.1 Å². The highest BCUT2D eigenvalue weighted by Crippen LogP contribution is 2.29. The summed E-state index contributed by atoms with van der Waals surface area (Å²) in [6.45, 7) is 3.71. The Bertz CT molecular complexity index is 548. The highest BCUT2D eigenvalue weighted by atomic mass is 16.5. The Morgan fingerprint density at radius 3 is 2.85 bits per heavy atom. The van der Waals surface area contributed by atoms with Crippen molar-refractivity contribution in [2.75, 3.05) is 13.2 Å². The van der Waals surface area contributed by atoms with Crippen molar-refractivity contribution in [1.29, 1.82) is 0 Å². The molecule has 106 valence electrons. The molecule has 20 heavy (non-hydrogen) atoms. The first-order valence-corrected chi connectivity index (χ1v) is 7.02. The van der Waals surface area contributed by atoms with Crippen molar-refractivity contribution in [2.45, 2.75) is 25.4 Å². The molecule has 0 radical (unpaired) electrons. The van der Waals surface area contributed by atoms with Gasteiger partial charge in [0.05, 0.1) is 30.7 Å². The van der Waals surface area contributed by atoms with E-state index in [9.17, 15) is 0 Å². The van der Waals surface area contributed by atoms with Crippen LogP contribution in [0.1, 0.15) is 36.7 Å². The first-order chi connectivity index (χ1) is 9.77. The van der Waals surface area contributed by atoms with Crippen LogP contribution in [0.5, 0.6) is 0 Å². The second-order valence-electron chi connectivity index (χ2n) is 5.33. The molecule has 3 rings (SSSR count). The molecule has 2 aromatic heterocycles. The van der Waals surface area contributed by atoms with Crippen LogP contribution in [0.15, 0.2) is 37.1 Å². The molecule has 0 spiro atoms. The largest absolute Gasteiger partial charge is 0.381 e. The van der Waals surface area contributed by atoms with E-state index < -0.39 is 0 Å². The molecule has 5 nitrogen and oxygen atoms in total. The van der Waals surface area contributed by atoms with E-state index in [1.54, 1.807) is 0 Å². The van der Waals surface area contributed by atoms with Gasteiger partial charge in [0.2, 0.25) is 0 Å². The number of imidazole rings is 1. The molecular weight excluding hydrogens is 252 g/mol. The van der Waals surface area contributed by atoms with Crippen LogP contribution in [0, 0.1) is 5.92 Å². The number of ether oxygens (including phenoxy) is 1. The number of rotatable bonds is 4. The molecule has 3 unspecified atom stereocenters. The van der Waals surface area contributed by atoms with E-state index in [4.69, 9.17) is 10.5 Å². The molecule has 0 aromatic carbocycles. The maximum absolute atomic E-state index is 6.41. The van der Waals surface area contributed by atoms with Gasteiger partial charge < -0.3 is 15.0 Å². The Morgan fingerprint density at radius 2 is 2.15 bits per heavy atom. The van der Waals surface area contributed by atoms with Gasteiger partial charge >= 0.3 is 0 Å². The summed E-state index contributed by atoms with van der Waals surface area (Å²) < 4.78 is 7.59. The number of nitrogens with zero attached hydrogens (tertiary/aromatic N) is 3. The van der Waals surface area contributed by atoms with Crippen LogP contribution in [0.25, 0.3) is 0 Å². The van der Waals surface area contributed by atoms with Crippen LogP contribution in [0.4, 0.5) is 0 Å². The summed E-state index contributed by atoms with van der Waals surface area (Å²) in [6.07, 6.45) is 8.38. The lowest BCUT2D eigenvalue weighted by atomic mass is 9.97. The number of hydrogen-bond donors (Lipinski definition) is 1. The zero-order valence-electron chi connectivity index (χ0n) is 11.6. The van der Waals surface area contributed by atoms with Crippen LogP contribution >= 0.6 is 0 Å². The Morgan fingerprint density at radius 1 is 1.35 bits per heavy atom. The van der Waals surface area contributed by atoms with Crippen LogP contribution in [-0.2, 0) is 4.74 Å². The number of pyridine rings is 1. The van der Waals surface area contributed by atoms with Gasteiger partial charge in [0.1, 0.15) is 0 Å². The maximum atomic E-state index is 6.41. The zero-order valence-corrected chi connectivity index (χ0v) is 11.6. The van der Waals surface area contributed by atoms with Crippen molar-refractivity contribution < 1.29 is 4.74 Å². The molecule has 1 fully saturated rings. The summed E-state index contributed by atoms with van der Waals surface area (Å²) in [5.74, 6) is 0.384. The number of hydrogen-bond acceptors (Lipinski definition) is 4. The molecule has 0 amide bonds. The summed E-state index contributed by atoms with van der Waals surface area (Å²) in [5, 5.41) is 0. The predicted molar refractivity (Wildman–Crippen MR) is 76.1 cm³/mol. The molecule has 1 aliphatic rings. The Labute approximate surface area is 118 Å². The molecule has 1 saturated heterocycles. The fraction of sp³-hybridized carbons (Fsp3) is 0.467. The molecule has 0 bridgehead atoms. The van der Waals surface area contributed by atoms with E-state index >= 15 is 0 Å². The van der Waals surface area contributed by atoms with Gasteiger partial charge in [-0.25, -0.2) is 4.98 Å². The first kappa shape index (κ1) is 13.3. The van der Waals surface area contributed by atoms with Crippen LogP contribution in [0.3, 0.4) is 0 Å². The van der Waals surface area contributed by atoms with Crippen LogP contribution in [-0.4, -0.2) is 27.7 Å². The van der Waals surface area contributed by atoms with Crippen LogP contribution < -0.4 is 5.73 Å². The van der Waals surface area contributed by atoms with Crippen molar-refractivity contribution in [2.24, 2.45) is 11.7 Å². The Balaban J connectivity index is 1.86. The molecule has 2 aromatic rings. The number of aromatic nitrogens is 3. The summed E-state index contributed by atoms with van der Waals surface area (Å²) in [4.78, 5) is 8.35. The SMILES string of the molecule is CC(c1ccncc1)n1cncc1C(N)C1CCOC1. The normalized spacial score (nSPS) is 21.8. The molecule has 5 heteroatoms. The Hall–Kier alpha value is -1.72. The minimum atomic E-state index is -0.0238. The maximum Gasteiger partial charge on any atom is 0.0954 e. The van der Waals surface area contributed by atoms with Gasteiger partial charge in [-0.05, 0) is 31.0 Å². The standard InChI is InChI=1S/C15H20N4O/c1-11(12-2-5-17-6-3-12)19-10-18-8-14(19)15(16)13-4-7-20-9-13/h2-3,5-6,8,10-11,13,15H,4,7,9,16H2,1H3. The third-order valence-electron chi connectivity index (χ3n) is 4.12. The lowest BCUT2D eigenvalue weighted by Crippen LogP contribution is -2.25. The minimum Gasteiger partial charge on any atom is -0.381 e. The van der Waals surface area contributed by atoms with Crippen molar-refractivity contribution in [1.82, 2.24) is 14.5 Å². The Kier molecular flexibility index (Phi) is 3.80. The average molecular weight is 272 g/mol. The molecule has 1 aliphatic heterocycles. The van der Waals surface area contributed by atoms with E-state index in [0.717, 1.165) is 25.3 Å². The summed E-state index contributed by atoms with van der Waals surface area (Å²) >= 11 is 0. The molecule has 3 atom stereocenters. The second-order valence-corrected chi connectivity index (χ2v) is 5.33. The third-order valence-corrected chi connectivity index (χ3v) is 4.12. The van der Waals surface area contributed by atoms with Gasteiger partial charge in [0.25, 0.3) is 0 Å². The lowest BCUT2D eigenvalue weighted by Gasteiger charge is -2.23. The summed E-state index contributed by atoms with van der Waals surface area (Å²) in [7, 11) is 0. The zero-order chi connectivity index (χ0) is 13.9. The average Bonchev–Trinajstić information content (AvgIpc) is 3.18. The molecule has 0 aliphatic carbocycles. The van der Waals surface area contributed by atoms with E-state index in [1.165, 1.54) is 5.56 Å². The van der Waals surface area contributed by atoms with Crippen molar-refractivity contribution >= 4 is 0 Å². The van der Waals surface area contributed by atoms with Gasteiger partial charge in [-0.3, -0.25) is 4.98 Å². The van der Waals surface area contributed by atoms with Gasteiger partial charge in [-0.15, -0.1) is 0 Å². The lowest BCUT2D eigenvalue weighted by molar-refractivity contribution is 0.180. The van der Waals surface area contributed by atoms with Crippen molar-refractivity contribution in [3.63, 3.8) is 0 Å². The quantitative estimate of drug-likeness (QED) is 0.923. The molecular formula is C15H20N4O. The highest BCUT2D eigenvalue weighted by Gasteiger charge is 2.27. The minimum absolute atomic E-state index is 0.0238. The van der Waals surface area contributed by atoms with E-state index in [2.05, 4.69) is 21.5 Å². The fourth-order valence-corrected chi connectivity index (χ4v) is 2.78. The highest BCUT2D eigenvalue weighted by molar-refractivity contribution is 5.19. The topological polar surface area (TPSA) is 66.0 Å². The summed E-state index contributed by atoms with van der Waals surface area (Å²) in [6, 6.07) is 4.23. The predicted octanol–water partition coefficient (Wildman–Crippen LogP) is 1.92. The van der Waals surface area contributed by atoms with Crippen LogP contribution in [0.2, 0.25) is 0 Å². The molecule has 2 N–H and O–H groups in total. The van der Waals surface area contributed by atoms with E-state index in [0.29, 0.717) is 5.92 Å².